The summed E-state index contributed by atoms with van der Waals surface area (Å²) in [5, 5.41) is 7.65. The number of aldehydes is 1. The molecule has 0 bridgehead atoms. The lowest BCUT2D eigenvalue weighted by molar-refractivity contribution is -0.0698. The van der Waals surface area contributed by atoms with Crippen molar-refractivity contribution in [2.24, 2.45) is 7.05 Å². The quantitative estimate of drug-likeness (QED) is 0.226. The maximum absolute atomic E-state index is 15.4. The molecular formula is C38H41FN8O4. The van der Waals surface area contributed by atoms with Gasteiger partial charge in [0.1, 0.15) is 17.3 Å². The molecule has 12 nitrogen and oxygen atoms in total. The van der Waals surface area contributed by atoms with Crippen molar-refractivity contribution in [2.45, 2.75) is 51.6 Å². The summed E-state index contributed by atoms with van der Waals surface area (Å²) in [5.41, 5.74) is 1.58. The third-order valence-electron chi connectivity index (χ3n) is 9.95. The molecule has 0 saturated carbocycles. The molecule has 0 aliphatic carbocycles. The number of nitrogens with one attached hydrogen (secondary N) is 1. The zero-order chi connectivity index (χ0) is 36.0. The predicted octanol–water partition coefficient (Wildman–Crippen LogP) is 4.83. The zero-order valence-corrected chi connectivity index (χ0v) is 29.4. The number of hydrogen-bond acceptors (Lipinski definition) is 10. The van der Waals surface area contributed by atoms with Crippen molar-refractivity contribution in [2.75, 3.05) is 43.1 Å². The van der Waals surface area contributed by atoms with Gasteiger partial charge in [0, 0.05) is 56.1 Å². The lowest BCUT2D eigenvalue weighted by Crippen LogP contribution is -2.60. The molecule has 1 aromatic carbocycles. The number of piperazine rings is 1. The molecule has 2 fully saturated rings. The Kier molecular flexibility index (Phi) is 9.02. The largest absolute Gasteiger partial charge is 0.378 e. The number of hydrogen-bond donors (Lipinski definition) is 1. The van der Waals surface area contributed by atoms with Crippen LogP contribution in [-0.2, 0) is 17.2 Å². The molecule has 2 aliphatic heterocycles. The summed E-state index contributed by atoms with van der Waals surface area (Å²) in [6.07, 6.45) is 7.85. The molecule has 0 spiro atoms. The van der Waals surface area contributed by atoms with Crippen LogP contribution in [0.15, 0.2) is 70.8 Å². The van der Waals surface area contributed by atoms with Crippen LogP contribution in [0.4, 0.5) is 21.6 Å². The van der Waals surface area contributed by atoms with Gasteiger partial charge in [-0.25, -0.2) is 14.4 Å². The Morgan fingerprint density at radius 2 is 1.84 bits per heavy atom. The Morgan fingerprint density at radius 1 is 1.04 bits per heavy atom. The number of ether oxygens (including phenoxy) is 1. The minimum absolute atomic E-state index is 0.0541. The lowest BCUT2D eigenvalue weighted by Gasteiger charge is -2.47. The fourth-order valence-electron chi connectivity index (χ4n) is 6.87. The highest BCUT2D eigenvalue weighted by molar-refractivity contribution is 5.92. The van der Waals surface area contributed by atoms with Gasteiger partial charge in [-0.05, 0) is 59.4 Å². The van der Waals surface area contributed by atoms with Gasteiger partial charge >= 0.3 is 0 Å². The minimum Gasteiger partial charge on any atom is -0.378 e. The van der Waals surface area contributed by atoms with Gasteiger partial charge in [-0.15, -0.1) is 0 Å². The molecule has 5 aromatic rings. The Bertz CT molecular complexity index is 2240. The first kappa shape index (κ1) is 34.2. The molecule has 264 valence electrons. The van der Waals surface area contributed by atoms with Gasteiger partial charge in [0.2, 0.25) is 0 Å². The summed E-state index contributed by atoms with van der Waals surface area (Å²) < 4.78 is 23.1. The van der Waals surface area contributed by atoms with Crippen molar-refractivity contribution >= 4 is 34.3 Å². The first-order valence-corrected chi connectivity index (χ1v) is 17.2. The standard InChI is InChI=1S/C38H41FN8O4/c1-6-26-19-45(28-21-51-22-28)11-12-46(26)27-7-8-33(41-17-27)43-32-14-24(18-44(5)36(32)49)29-9-10-40-35(30(29)20-48)47-37(50)34-23(16-42-47)13-25(15-31(34)39)38(2,3)4/h7-10,13-18,20,26,28H,6,11-12,19,21-22H2,1-5H3,(H,41,43). The average Bonchev–Trinajstić information content (AvgIpc) is 3.09. The summed E-state index contributed by atoms with van der Waals surface area (Å²) in [7, 11) is 1.61. The van der Waals surface area contributed by atoms with Crippen LogP contribution in [0.3, 0.4) is 0 Å². The van der Waals surface area contributed by atoms with Crippen molar-refractivity contribution in [1.82, 2.24) is 29.2 Å². The first-order chi connectivity index (χ1) is 24.5. The number of aryl methyl sites for hydroxylation is 1. The minimum atomic E-state index is -0.740. The van der Waals surface area contributed by atoms with E-state index in [4.69, 9.17) is 4.74 Å². The molecule has 1 N–H and O–H groups in total. The second-order valence-corrected chi connectivity index (χ2v) is 14.3. The maximum Gasteiger partial charge on any atom is 0.283 e. The van der Waals surface area contributed by atoms with E-state index < -0.39 is 11.4 Å². The second-order valence-electron chi connectivity index (χ2n) is 14.3. The van der Waals surface area contributed by atoms with Crippen molar-refractivity contribution in [3.63, 3.8) is 0 Å². The number of anilines is 3. The number of pyridine rings is 3. The van der Waals surface area contributed by atoms with E-state index in [2.05, 4.69) is 37.1 Å². The molecule has 6 heterocycles. The predicted molar refractivity (Wildman–Crippen MR) is 195 cm³/mol. The molecule has 7 rings (SSSR count). The SMILES string of the molecule is CCC1CN(C2COC2)CCN1c1ccc(Nc2cc(-c3ccnc(-n4ncc5cc(C(C)(C)C)cc(F)c5c4=O)c3C=O)cn(C)c2=O)nc1. The molecule has 0 amide bonds. The normalized spacial score (nSPS) is 17.1. The van der Waals surface area contributed by atoms with E-state index in [9.17, 15) is 14.4 Å². The molecule has 51 heavy (non-hydrogen) atoms. The molecule has 13 heteroatoms. The first-order valence-electron chi connectivity index (χ1n) is 17.2. The van der Waals surface area contributed by atoms with Crippen molar-refractivity contribution in [3.8, 4) is 16.9 Å². The van der Waals surface area contributed by atoms with Gasteiger partial charge < -0.3 is 19.5 Å². The van der Waals surface area contributed by atoms with Crippen LogP contribution in [0.25, 0.3) is 27.7 Å². The number of carbonyl (C=O) groups is 1. The number of halogens is 1. The van der Waals surface area contributed by atoms with Gasteiger partial charge in [-0.1, -0.05) is 27.7 Å². The Hall–Kier alpha value is -5.27. The smallest absolute Gasteiger partial charge is 0.283 e. The van der Waals surface area contributed by atoms with E-state index in [1.54, 1.807) is 31.4 Å². The summed E-state index contributed by atoms with van der Waals surface area (Å²) in [6, 6.07) is 11.1. The summed E-state index contributed by atoms with van der Waals surface area (Å²) in [4.78, 5) is 53.4. The van der Waals surface area contributed by atoms with E-state index >= 15 is 4.39 Å². The average molecular weight is 693 g/mol. The van der Waals surface area contributed by atoms with E-state index in [0.29, 0.717) is 40.7 Å². The van der Waals surface area contributed by atoms with Crippen LogP contribution in [0, 0.1) is 5.82 Å². The highest BCUT2D eigenvalue weighted by atomic mass is 19.1. The monoisotopic (exact) mass is 692 g/mol. The number of carbonyl (C=O) groups excluding carboxylic acids is 1. The fraction of sp³-hybridized carbons (Fsp3) is 0.368. The summed E-state index contributed by atoms with van der Waals surface area (Å²) in [5.74, 6) is -0.243. The van der Waals surface area contributed by atoms with E-state index in [1.165, 1.54) is 23.0 Å². The van der Waals surface area contributed by atoms with E-state index in [1.807, 2.05) is 39.1 Å². The molecule has 1 atom stereocenters. The molecular weight excluding hydrogens is 651 g/mol. The number of nitrogens with zero attached hydrogens (tertiary/aromatic N) is 7. The molecule has 2 aliphatic rings. The lowest BCUT2D eigenvalue weighted by atomic mass is 9.86. The van der Waals surface area contributed by atoms with Crippen LogP contribution in [0.1, 0.15) is 50.0 Å². The fourth-order valence-corrected chi connectivity index (χ4v) is 6.87. The van der Waals surface area contributed by atoms with Gasteiger partial charge in [-0.2, -0.15) is 9.78 Å². The Labute approximate surface area is 294 Å². The van der Waals surface area contributed by atoms with Gasteiger partial charge in [-0.3, -0.25) is 19.3 Å². The van der Waals surface area contributed by atoms with Crippen molar-refractivity contribution in [1.29, 1.82) is 0 Å². The zero-order valence-electron chi connectivity index (χ0n) is 29.4. The number of benzene rings is 1. The van der Waals surface area contributed by atoms with Crippen LogP contribution >= 0.6 is 0 Å². The highest BCUT2D eigenvalue weighted by Gasteiger charge is 2.33. The highest BCUT2D eigenvalue weighted by Crippen LogP contribution is 2.30. The van der Waals surface area contributed by atoms with Gasteiger partial charge in [0.25, 0.3) is 11.1 Å². The number of fused-ring (bicyclic) bond motifs is 1. The molecule has 1 unspecified atom stereocenters. The molecule has 2 saturated heterocycles. The summed E-state index contributed by atoms with van der Waals surface area (Å²) in [6.45, 7) is 12.5. The van der Waals surface area contributed by atoms with Crippen LogP contribution in [-0.4, -0.2) is 80.4 Å². The van der Waals surface area contributed by atoms with Gasteiger partial charge in [0.15, 0.2) is 12.1 Å². The van der Waals surface area contributed by atoms with Gasteiger partial charge in [0.05, 0.1) is 48.3 Å². The maximum atomic E-state index is 15.4. The summed E-state index contributed by atoms with van der Waals surface area (Å²) >= 11 is 0. The topological polar surface area (TPSA) is 127 Å². The number of aromatic nitrogens is 5. The molecule has 4 aromatic heterocycles. The Balaban J connectivity index is 1.18. The third kappa shape index (κ3) is 6.43. The van der Waals surface area contributed by atoms with Crippen molar-refractivity contribution in [3.05, 3.63) is 98.8 Å². The van der Waals surface area contributed by atoms with E-state index in [-0.39, 0.29) is 33.4 Å². The van der Waals surface area contributed by atoms with Crippen LogP contribution in [0.2, 0.25) is 0 Å². The number of rotatable bonds is 8. The second kappa shape index (κ2) is 13.5. The van der Waals surface area contributed by atoms with Crippen LogP contribution in [0.5, 0.6) is 0 Å². The van der Waals surface area contributed by atoms with E-state index in [0.717, 1.165) is 55.2 Å². The molecule has 0 radical (unpaired) electrons. The Morgan fingerprint density at radius 3 is 2.51 bits per heavy atom. The van der Waals surface area contributed by atoms with Crippen LogP contribution < -0.4 is 21.3 Å². The third-order valence-corrected chi connectivity index (χ3v) is 9.95. The van der Waals surface area contributed by atoms with Crippen molar-refractivity contribution < 1.29 is 13.9 Å².